The zero-order valence-electron chi connectivity index (χ0n) is 18.8. The first kappa shape index (κ1) is 22.3. The summed E-state index contributed by atoms with van der Waals surface area (Å²) in [7, 11) is -1.86. The van der Waals surface area contributed by atoms with E-state index in [9.17, 15) is 8.42 Å². The Morgan fingerprint density at radius 3 is 2.62 bits per heavy atom. The minimum Gasteiger partial charge on any atom is -0.484 e. The minimum absolute atomic E-state index is 0.321. The van der Waals surface area contributed by atoms with Crippen molar-refractivity contribution < 1.29 is 17.9 Å². The van der Waals surface area contributed by atoms with Gasteiger partial charge in [-0.15, -0.1) is 0 Å². The molecule has 9 nitrogen and oxygen atoms in total. The molecule has 1 aliphatic rings. The molecule has 0 aliphatic heterocycles. The van der Waals surface area contributed by atoms with Crippen LogP contribution in [0.4, 0.5) is 0 Å². The molecule has 0 saturated heterocycles. The zero-order valence-corrected chi connectivity index (χ0v) is 19.6. The molecule has 34 heavy (non-hydrogen) atoms. The van der Waals surface area contributed by atoms with Crippen molar-refractivity contribution in [3.63, 3.8) is 0 Å². The highest BCUT2D eigenvalue weighted by Crippen LogP contribution is 2.32. The first-order valence-corrected chi connectivity index (χ1v) is 12.6. The predicted molar refractivity (Wildman–Crippen MR) is 128 cm³/mol. The number of aromatic nitrogens is 4. The molecule has 0 amide bonds. The third kappa shape index (κ3) is 4.59. The van der Waals surface area contributed by atoms with Gasteiger partial charge in [0.25, 0.3) is 0 Å². The summed E-state index contributed by atoms with van der Waals surface area (Å²) in [5.41, 5.74) is 1.62. The molecule has 2 unspecified atom stereocenters. The van der Waals surface area contributed by atoms with Gasteiger partial charge < -0.3 is 9.47 Å². The fourth-order valence-electron chi connectivity index (χ4n) is 3.83. The first-order valence-electron chi connectivity index (χ1n) is 11.0. The zero-order chi connectivity index (χ0) is 23.7. The van der Waals surface area contributed by atoms with E-state index in [2.05, 4.69) is 19.8 Å². The molecule has 1 fully saturated rings. The lowest BCUT2D eigenvalue weighted by Gasteiger charge is -2.26. The maximum absolute atomic E-state index is 12.6. The van der Waals surface area contributed by atoms with Gasteiger partial charge in [0, 0.05) is 29.4 Å². The van der Waals surface area contributed by atoms with Crippen molar-refractivity contribution in [1.82, 2.24) is 24.5 Å². The van der Waals surface area contributed by atoms with Crippen LogP contribution < -0.4 is 14.2 Å². The molecule has 2 atom stereocenters. The Morgan fingerprint density at radius 2 is 1.94 bits per heavy atom. The van der Waals surface area contributed by atoms with Crippen LogP contribution in [0.25, 0.3) is 16.7 Å². The Hall–Kier alpha value is -3.50. The third-order valence-corrected chi connectivity index (χ3v) is 7.78. The average Bonchev–Trinajstić information content (AvgIpc) is 3.64. The average molecular weight is 480 g/mol. The molecule has 3 aromatic heterocycles. The Balaban J connectivity index is 1.45. The van der Waals surface area contributed by atoms with Gasteiger partial charge in [-0.1, -0.05) is 6.07 Å². The molecular formula is C24H25N5O4S. The number of rotatable bonds is 9. The van der Waals surface area contributed by atoms with Gasteiger partial charge in [-0.2, -0.15) is 5.10 Å². The second-order valence-corrected chi connectivity index (χ2v) is 10.3. The number of hydrogen-bond donors (Lipinski definition) is 1. The van der Waals surface area contributed by atoms with E-state index in [1.807, 2.05) is 42.5 Å². The van der Waals surface area contributed by atoms with Crippen molar-refractivity contribution in [2.45, 2.75) is 37.2 Å². The number of pyridine rings is 2. The van der Waals surface area contributed by atoms with Crippen molar-refractivity contribution in [3.8, 4) is 17.4 Å². The normalized spacial score (nSPS) is 15.7. The second-order valence-electron chi connectivity index (χ2n) is 8.29. The Labute approximate surface area is 197 Å². The summed E-state index contributed by atoms with van der Waals surface area (Å²) in [6.45, 7) is 1.80. The van der Waals surface area contributed by atoms with E-state index < -0.39 is 22.2 Å². The largest absolute Gasteiger partial charge is 0.484 e. The number of nitrogens with one attached hydrogen (secondary N) is 1. The molecule has 0 spiro atoms. The number of hydrogen-bond acceptors (Lipinski definition) is 7. The monoisotopic (exact) mass is 479 g/mol. The molecule has 1 N–H and O–H groups in total. The summed E-state index contributed by atoms with van der Waals surface area (Å²) in [5, 5.41) is 5.01. The van der Waals surface area contributed by atoms with Crippen molar-refractivity contribution >= 4 is 20.9 Å². The first-order chi connectivity index (χ1) is 16.4. The Kier molecular flexibility index (Phi) is 5.93. The molecule has 3 heterocycles. The van der Waals surface area contributed by atoms with Gasteiger partial charge in [-0.3, -0.25) is 0 Å². The third-order valence-electron chi connectivity index (χ3n) is 5.73. The van der Waals surface area contributed by atoms with Crippen LogP contribution in [0.2, 0.25) is 0 Å². The fourth-order valence-corrected chi connectivity index (χ4v) is 5.42. The summed E-state index contributed by atoms with van der Waals surface area (Å²) >= 11 is 0. The molecule has 1 saturated carbocycles. The van der Waals surface area contributed by atoms with Gasteiger partial charge in [-0.05, 0) is 56.2 Å². The molecular weight excluding hydrogens is 454 g/mol. The van der Waals surface area contributed by atoms with E-state index in [1.54, 1.807) is 43.4 Å². The van der Waals surface area contributed by atoms with Crippen LogP contribution >= 0.6 is 0 Å². The second kappa shape index (κ2) is 9.03. The van der Waals surface area contributed by atoms with Gasteiger partial charge in [0.05, 0.1) is 30.1 Å². The van der Waals surface area contributed by atoms with Crippen molar-refractivity contribution in [1.29, 1.82) is 0 Å². The number of fused-ring (bicyclic) bond motifs is 1. The summed E-state index contributed by atoms with van der Waals surface area (Å²) in [4.78, 5) is 8.63. The fraction of sp³-hybridized carbons (Fsp3) is 0.292. The quantitative estimate of drug-likeness (QED) is 0.392. The van der Waals surface area contributed by atoms with E-state index in [0.29, 0.717) is 24.5 Å². The minimum atomic E-state index is -3.40. The lowest BCUT2D eigenvalue weighted by atomic mass is 10.1. The van der Waals surface area contributed by atoms with Gasteiger partial charge in [0.1, 0.15) is 11.9 Å². The maximum atomic E-state index is 12.6. The number of methoxy groups -OCH3 is 1. The SMILES string of the molecule is COc1ccc(C(Oc2ccc3c(cnn3-c3ccccn3)c2)C(C)NS(=O)(=O)C2CC2)cn1. The van der Waals surface area contributed by atoms with Crippen molar-refractivity contribution in [2.75, 3.05) is 7.11 Å². The van der Waals surface area contributed by atoms with E-state index in [0.717, 1.165) is 22.3 Å². The van der Waals surface area contributed by atoms with E-state index >= 15 is 0 Å². The van der Waals surface area contributed by atoms with Crippen LogP contribution in [0.3, 0.4) is 0 Å². The standard InChI is InChI=1S/C24H25N5O4S/c1-16(28-34(30,31)20-8-9-20)24(17-6-11-23(32-2)26-14-17)33-19-7-10-21-18(13-19)15-27-29(21)22-5-3-4-12-25-22/h3-7,10-16,20,24,28H,8-9H2,1-2H3. The molecule has 0 bridgehead atoms. The van der Waals surface area contributed by atoms with Crippen molar-refractivity contribution in [3.05, 3.63) is 72.7 Å². The van der Waals surface area contributed by atoms with Crippen LogP contribution in [-0.4, -0.2) is 46.6 Å². The summed E-state index contributed by atoms with van der Waals surface area (Å²) < 4.78 is 41.2. The van der Waals surface area contributed by atoms with E-state index in [4.69, 9.17) is 9.47 Å². The van der Waals surface area contributed by atoms with Gasteiger partial charge in [0.15, 0.2) is 5.82 Å². The van der Waals surface area contributed by atoms with Crippen molar-refractivity contribution in [2.24, 2.45) is 0 Å². The van der Waals surface area contributed by atoms with E-state index in [1.165, 1.54) is 0 Å². The highest BCUT2D eigenvalue weighted by molar-refractivity contribution is 7.90. The Morgan fingerprint density at radius 1 is 1.09 bits per heavy atom. The smallest absolute Gasteiger partial charge is 0.214 e. The molecule has 4 aromatic rings. The maximum Gasteiger partial charge on any atom is 0.214 e. The predicted octanol–water partition coefficient (Wildman–Crippen LogP) is 3.41. The van der Waals surface area contributed by atoms with Gasteiger partial charge in [0.2, 0.25) is 15.9 Å². The highest BCUT2D eigenvalue weighted by atomic mass is 32.2. The van der Waals surface area contributed by atoms with Crippen LogP contribution in [-0.2, 0) is 10.0 Å². The van der Waals surface area contributed by atoms with Crippen LogP contribution in [0.15, 0.2) is 67.1 Å². The number of sulfonamides is 1. The van der Waals surface area contributed by atoms with Crippen LogP contribution in [0.1, 0.15) is 31.4 Å². The summed E-state index contributed by atoms with van der Waals surface area (Å²) in [5.74, 6) is 1.78. The lowest BCUT2D eigenvalue weighted by molar-refractivity contribution is 0.172. The lowest BCUT2D eigenvalue weighted by Crippen LogP contribution is -2.40. The summed E-state index contributed by atoms with van der Waals surface area (Å²) in [6, 6.07) is 14.3. The number of benzene rings is 1. The van der Waals surface area contributed by atoms with Gasteiger partial charge >= 0.3 is 0 Å². The number of ether oxygens (including phenoxy) is 2. The Bertz CT molecular complexity index is 1390. The molecule has 5 rings (SSSR count). The van der Waals surface area contributed by atoms with E-state index in [-0.39, 0.29) is 5.25 Å². The summed E-state index contributed by atoms with van der Waals surface area (Å²) in [6.07, 6.45) is 5.89. The van der Waals surface area contributed by atoms with Gasteiger partial charge in [-0.25, -0.2) is 27.8 Å². The van der Waals surface area contributed by atoms with Crippen LogP contribution in [0.5, 0.6) is 11.6 Å². The number of nitrogens with zero attached hydrogens (tertiary/aromatic N) is 4. The molecule has 0 radical (unpaired) electrons. The highest BCUT2D eigenvalue weighted by Gasteiger charge is 2.38. The molecule has 176 valence electrons. The van der Waals surface area contributed by atoms with Crippen LogP contribution in [0, 0.1) is 0 Å². The molecule has 1 aromatic carbocycles. The molecule has 1 aliphatic carbocycles. The topological polar surface area (TPSA) is 108 Å². The molecule has 10 heteroatoms.